The van der Waals surface area contributed by atoms with Gasteiger partial charge in [-0.05, 0) is 41.8 Å². The summed E-state index contributed by atoms with van der Waals surface area (Å²) in [6, 6.07) is 19.1. The average Bonchev–Trinajstić information content (AvgIpc) is 2.84. The topological polar surface area (TPSA) is 59.4 Å². The third-order valence-corrected chi connectivity index (χ3v) is 6.70. The molecule has 0 aliphatic carbocycles. The summed E-state index contributed by atoms with van der Waals surface area (Å²) in [6.45, 7) is 16.0. The number of carbonyl (C=O) groups is 1. The van der Waals surface area contributed by atoms with E-state index in [1.165, 1.54) is 11.6 Å². The number of pyridine rings is 1. The fourth-order valence-corrected chi connectivity index (χ4v) is 3.01. The van der Waals surface area contributed by atoms with Crippen LogP contribution in [0.2, 0.25) is 0 Å². The number of carbonyl (C=O) groups excluding carboxylic acids is 1. The van der Waals surface area contributed by atoms with E-state index in [1.807, 2.05) is 71.9 Å². The summed E-state index contributed by atoms with van der Waals surface area (Å²) >= 11 is 0. The van der Waals surface area contributed by atoms with Crippen LogP contribution >= 0.6 is 0 Å². The minimum Gasteiger partial charge on any atom is -0.512 e. The van der Waals surface area contributed by atoms with E-state index in [2.05, 4.69) is 43.1 Å². The van der Waals surface area contributed by atoms with E-state index in [4.69, 9.17) is 4.74 Å². The van der Waals surface area contributed by atoms with E-state index in [1.54, 1.807) is 6.20 Å². The fraction of sp³-hybridized carbons (Fsp3) is 0.419. The number of aliphatic hydroxyl groups excluding tert-OH is 1. The first-order valence-corrected chi connectivity index (χ1v) is 12.4. The van der Waals surface area contributed by atoms with Crippen molar-refractivity contribution in [3.8, 4) is 11.6 Å². The number of ketones is 1. The molecule has 0 fully saturated rings. The van der Waals surface area contributed by atoms with Crippen molar-refractivity contribution in [3.05, 3.63) is 78.2 Å². The minimum absolute atomic E-state index is 0. The Labute approximate surface area is 230 Å². The molecule has 0 saturated heterocycles. The number of para-hydroxylation sites is 1. The van der Waals surface area contributed by atoms with E-state index in [0.717, 1.165) is 23.6 Å². The molecule has 1 aromatic heterocycles. The number of rotatable bonds is 8. The molecule has 0 amide bonds. The smallest absolute Gasteiger partial charge is 0.224 e. The molecule has 36 heavy (non-hydrogen) atoms. The van der Waals surface area contributed by atoms with Gasteiger partial charge in [0.1, 0.15) is 5.76 Å². The Morgan fingerprint density at radius 3 is 2.28 bits per heavy atom. The number of aromatic nitrogens is 1. The van der Waals surface area contributed by atoms with E-state index >= 15 is 0 Å². The molecule has 1 heterocycles. The van der Waals surface area contributed by atoms with Crippen LogP contribution in [-0.4, -0.2) is 15.9 Å². The van der Waals surface area contributed by atoms with Crippen LogP contribution in [0.25, 0.3) is 10.8 Å². The Kier molecular flexibility index (Phi) is 12.0. The van der Waals surface area contributed by atoms with Crippen molar-refractivity contribution >= 4 is 16.6 Å². The fourth-order valence-electron chi connectivity index (χ4n) is 3.01. The molecule has 3 rings (SSSR count). The van der Waals surface area contributed by atoms with Gasteiger partial charge in [-0.15, -0.1) is 12.1 Å². The summed E-state index contributed by atoms with van der Waals surface area (Å²) < 4.78 is 5.86. The summed E-state index contributed by atoms with van der Waals surface area (Å²) in [7, 11) is 0. The monoisotopic (exact) mass is 667 g/mol. The number of aliphatic hydroxyl groups is 1. The Balaban J connectivity index is 0.000000367. The molecular formula is C31H40IrNO3-. The van der Waals surface area contributed by atoms with Crippen LogP contribution in [0.5, 0.6) is 11.6 Å². The Bertz CT molecular complexity index is 1150. The van der Waals surface area contributed by atoms with Crippen LogP contribution in [0.15, 0.2) is 66.6 Å². The van der Waals surface area contributed by atoms with Gasteiger partial charge in [0.2, 0.25) is 5.88 Å². The molecule has 5 heteroatoms. The molecule has 0 spiro atoms. The number of ether oxygens (including phenoxy) is 1. The number of benzene rings is 2. The minimum atomic E-state index is -0.377. The summed E-state index contributed by atoms with van der Waals surface area (Å²) in [6.07, 6.45) is 4.76. The molecule has 1 radical (unpaired) electrons. The summed E-state index contributed by atoms with van der Waals surface area (Å²) in [5.41, 5.74) is 0.601. The van der Waals surface area contributed by atoms with E-state index in [0.29, 0.717) is 17.5 Å². The number of allylic oxidation sites excluding steroid dienone is 2. The van der Waals surface area contributed by atoms with Crippen LogP contribution in [0.1, 0.15) is 79.7 Å². The number of fused-ring (bicyclic) bond motifs is 1. The van der Waals surface area contributed by atoms with Crippen LogP contribution in [0.4, 0.5) is 0 Å². The van der Waals surface area contributed by atoms with Gasteiger partial charge in [-0.3, -0.25) is 4.79 Å². The van der Waals surface area contributed by atoms with E-state index in [-0.39, 0.29) is 42.5 Å². The number of hydrogen-bond acceptors (Lipinski definition) is 4. The zero-order chi connectivity index (χ0) is 26.2. The van der Waals surface area contributed by atoms with Crippen LogP contribution in [0, 0.1) is 16.9 Å². The van der Waals surface area contributed by atoms with Crippen molar-refractivity contribution in [2.24, 2.45) is 10.8 Å². The van der Waals surface area contributed by atoms with Crippen LogP contribution in [-0.2, 0) is 24.9 Å². The van der Waals surface area contributed by atoms with E-state index in [9.17, 15) is 9.90 Å². The Hall–Kier alpha value is -2.49. The number of nitrogens with zero attached hydrogens (tertiary/aromatic N) is 1. The zero-order valence-electron chi connectivity index (χ0n) is 22.8. The second kappa shape index (κ2) is 13.7. The van der Waals surface area contributed by atoms with Crippen molar-refractivity contribution in [1.82, 2.24) is 4.98 Å². The Morgan fingerprint density at radius 1 is 1.06 bits per heavy atom. The SMILES string of the molecule is CC(C)c1ccc2ccnc(Oc3[c-]cccc3)c2c1.CCC(C)(C)C(=O)/C=C(\O)C(C)(C)CC.[Ir]. The maximum Gasteiger partial charge on any atom is 0.224 e. The molecule has 1 N–H and O–H groups in total. The summed E-state index contributed by atoms with van der Waals surface area (Å²) in [5.74, 6) is 1.99. The maximum atomic E-state index is 11.8. The first-order chi connectivity index (χ1) is 16.4. The second-order valence-corrected chi connectivity index (χ2v) is 10.4. The zero-order valence-corrected chi connectivity index (χ0v) is 25.2. The number of hydrogen-bond donors (Lipinski definition) is 1. The third-order valence-electron chi connectivity index (χ3n) is 6.70. The third kappa shape index (κ3) is 8.57. The molecule has 0 aliphatic heterocycles. The summed E-state index contributed by atoms with van der Waals surface area (Å²) in [5, 5.41) is 12.0. The van der Waals surface area contributed by atoms with Gasteiger partial charge in [-0.1, -0.05) is 67.5 Å². The van der Waals surface area contributed by atoms with Gasteiger partial charge >= 0.3 is 0 Å². The molecule has 197 valence electrons. The van der Waals surface area contributed by atoms with E-state index < -0.39 is 0 Å². The normalized spacial score (nSPS) is 12.0. The van der Waals surface area contributed by atoms with Crippen molar-refractivity contribution in [1.29, 1.82) is 0 Å². The van der Waals surface area contributed by atoms with Crippen LogP contribution in [0.3, 0.4) is 0 Å². The van der Waals surface area contributed by atoms with Gasteiger partial charge in [0, 0.05) is 54.3 Å². The van der Waals surface area contributed by atoms with Crippen molar-refractivity contribution in [2.75, 3.05) is 0 Å². The average molecular weight is 667 g/mol. The van der Waals surface area contributed by atoms with Gasteiger partial charge in [-0.2, -0.15) is 18.2 Å². The molecule has 0 aliphatic rings. The molecule has 4 nitrogen and oxygen atoms in total. The standard InChI is InChI=1S/C18H16NO.C13H24O2.Ir/c1-13(2)15-9-8-14-10-11-19-18(17(14)12-15)20-16-6-4-3-5-7-16;1-7-12(3,4)10(14)9-11(15)13(5,6)8-2;/h3-6,8-13H,1-2H3;9,14H,7-8H2,1-6H3;/q-1;;/b;10-9-;. The molecule has 3 aromatic rings. The molecule has 0 atom stereocenters. The van der Waals surface area contributed by atoms with Gasteiger partial charge < -0.3 is 9.84 Å². The molecule has 0 saturated carbocycles. The predicted molar refractivity (Wildman–Crippen MR) is 145 cm³/mol. The molecule has 0 unspecified atom stereocenters. The Morgan fingerprint density at radius 2 is 1.72 bits per heavy atom. The van der Waals surface area contributed by atoms with Gasteiger partial charge in [-0.25, -0.2) is 4.98 Å². The van der Waals surface area contributed by atoms with Crippen molar-refractivity contribution in [3.63, 3.8) is 0 Å². The predicted octanol–water partition coefficient (Wildman–Crippen LogP) is 8.82. The van der Waals surface area contributed by atoms with Crippen molar-refractivity contribution in [2.45, 2.75) is 74.1 Å². The first-order valence-electron chi connectivity index (χ1n) is 12.4. The van der Waals surface area contributed by atoms with Crippen molar-refractivity contribution < 1.29 is 34.7 Å². The van der Waals surface area contributed by atoms with Gasteiger partial charge in [0.25, 0.3) is 0 Å². The molecular weight excluding hydrogens is 627 g/mol. The first kappa shape index (κ1) is 31.5. The van der Waals surface area contributed by atoms with Gasteiger partial charge in [0.15, 0.2) is 5.78 Å². The largest absolute Gasteiger partial charge is 0.512 e. The molecule has 0 bridgehead atoms. The second-order valence-electron chi connectivity index (χ2n) is 10.4. The summed E-state index contributed by atoms with van der Waals surface area (Å²) in [4.78, 5) is 16.2. The van der Waals surface area contributed by atoms with Crippen LogP contribution < -0.4 is 4.74 Å². The maximum absolute atomic E-state index is 11.8. The van der Waals surface area contributed by atoms with Gasteiger partial charge in [0.05, 0.1) is 0 Å². The quantitative estimate of drug-likeness (QED) is 0.148. The molecule has 2 aromatic carbocycles.